The second-order valence-corrected chi connectivity index (χ2v) is 7.63. The van der Waals surface area contributed by atoms with Gasteiger partial charge in [0.25, 0.3) is 5.69 Å². The molecule has 0 aliphatic heterocycles. The second-order valence-electron chi connectivity index (χ2n) is 7.63. The number of hydrogen-bond donors (Lipinski definition) is 1. The number of hydrogen-bond acceptors (Lipinski definition) is 4. The summed E-state index contributed by atoms with van der Waals surface area (Å²) in [5.41, 5.74) is 0.965. The maximum atomic E-state index is 13.3. The Morgan fingerprint density at radius 1 is 1.07 bits per heavy atom. The Bertz CT molecular complexity index is 825. The molecule has 154 valence electrons. The predicted octanol–water partition coefficient (Wildman–Crippen LogP) is 5.61. The maximum Gasteiger partial charge on any atom is 0.269 e. The minimum absolute atomic E-state index is 0.0405. The van der Waals surface area contributed by atoms with Crippen LogP contribution in [0.25, 0.3) is 0 Å². The van der Waals surface area contributed by atoms with Crippen molar-refractivity contribution in [2.45, 2.75) is 57.3 Å². The van der Waals surface area contributed by atoms with Crippen LogP contribution in [0, 0.1) is 10.1 Å². The fourth-order valence-electron chi connectivity index (χ4n) is 3.92. The maximum absolute atomic E-state index is 13.3. The quantitative estimate of drug-likeness (QED) is 0.357. The standard InChI is InChI=1S/C23H28N2O4/c1-2-3-17-29-21-13-9-19(10-14-21)24-22(26)23(15-5-4-6-16-23)18-7-11-20(12-8-18)25(27)28/h7-14H,2-6,15-17H2,1H3,(H,24,26). The number of amides is 1. The molecule has 1 aliphatic carbocycles. The molecule has 2 aromatic carbocycles. The summed E-state index contributed by atoms with van der Waals surface area (Å²) < 4.78 is 5.67. The molecule has 6 nitrogen and oxygen atoms in total. The number of nitro groups is 1. The number of nitrogens with zero attached hydrogens (tertiary/aromatic N) is 1. The molecule has 29 heavy (non-hydrogen) atoms. The van der Waals surface area contributed by atoms with E-state index in [9.17, 15) is 14.9 Å². The van der Waals surface area contributed by atoms with Gasteiger partial charge in [0.1, 0.15) is 5.75 Å². The predicted molar refractivity (Wildman–Crippen MR) is 113 cm³/mol. The Kier molecular flexibility index (Phi) is 6.86. The number of rotatable bonds is 8. The van der Waals surface area contributed by atoms with Crippen LogP contribution in [0.2, 0.25) is 0 Å². The van der Waals surface area contributed by atoms with E-state index in [1.54, 1.807) is 12.1 Å². The zero-order valence-corrected chi connectivity index (χ0v) is 16.9. The summed E-state index contributed by atoms with van der Waals surface area (Å²) in [7, 11) is 0. The van der Waals surface area contributed by atoms with Gasteiger partial charge in [0, 0.05) is 17.8 Å². The van der Waals surface area contributed by atoms with Crippen LogP contribution >= 0.6 is 0 Å². The Hall–Kier alpha value is -2.89. The van der Waals surface area contributed by atoms with E-state index in [4.69, 9.17) is 4.74 Å². The lowest BCUT2D eigenvalue weighted by Gasteiger charge is -2.36. The topological polar surface area (TPSA) is 81.5 Å². The first-order valence-corrected chi connectivity index (χ1v) is 10.3. The van der Waals surface area contributed by atoms with Crippen LogP contribution in [-0.2, 0) is 10.2 Å². The molecule has 2 aromatic rings. The van der Waals surface area contributed by atoms with Crippen LogP contribution in [-0.4, -0.2) is 17.4 Å². The van der Waals surface area contributed by atoms with E-state index < -0.39 is 10.3 Å². The normalized spacial score (nSPS) is 15.5. The SMILES string of the molecule is CCCCOc1ccc(NC(=O)C2(c3ccc([N+](=O)[O-])cc3)CCCCC2)cc1. The van der Waals surface area contributed by atoms with Crippen molar-refractivity contribution < 1.29 is 14.5 Å². The molecule has 0 radical (unpaired) electrons. The highest BCUT2D eigenvalue weighted by atomic mass is 16.6. The molecule has 0 bridgehead atoms. The molecule has 0 spiro atoms. The number of non-ortho nitro benzene ring substituents is 1. The van der Waals surface area contributed by atoms with Gasteiger partial charge in [0.2, 0.25) is 5.91 Å². The highest BCUT2D eigenvalue weighted by Gasteiger charge is 2.41. The first-order chi connectivity index (χ1) is 14.0. The molecule has 1 aliphatic rings. The van der Waals surface area contributed by atoms with Crippen LogP contribution in [0.15, 0.2) is 48.5 Å². The van der Waals surface area contributed by atoms with E-state index in [2.05, 4.69) is 12.2 Å². The van der Waals surface area contributed by atoms with Crippen LogP contribution in [0.5, 0.6) is 5.75 Å². The van der Waals surface area contributed by atoms with Crippen molar-refractivity contribution >= 4 is 17.3 Å². The number of carbonyl (C=O) groups is 1. The Morgan fingerprint density at radius 3 is 2.31 bits per heavy atom. The molecule has 1 saturated carbocycles. The lowest BCUT2D eigenvalue weighted by Crippen LogP contribution is -2.42. The summed E-state index contributed by atoms with van der Waals surface area (Å²) in [5, 5.41) is 14.0. The van der Waals surface area contributed by atoms with Crippen molar-refractivity contribution in [1.82, 2.24) is 0 Å². The van der Waals surface area contributed by atoms with Crippen molar-refractivity contribution in [3.63, 3.8) is 0 Å². The summed E-state index contributed by atoms with van der Waals surface area (Å²) >= 11 is 0. The number of benzene rings is 2. The monoisotopic (exact) mass is 396 g/mol. The fourth-order valence-corrected chi connectivity index (χ4v) is 3.92. The zero-order valence-electron chi connectivity index (χ0n) is 16.9. The molecular weight excluding hydrogens is 368 g/mol. The van der Waals surface area contributed by atoms with Gasteiger partial charge in [0.15, 0.2) is 0 Å². The fraction of sp³-hybridized carbons (Fsp3) is 0.435. The molecule has 0 atom stereocenters. The average molecular weight is 396 g/mol. The molecule has 0 unspecified atom stereocenters. The van der Waals surface area contributed by atoms with Crippen molar-refractivity contribution in [2.75, 3.05) is 11.9 Å². The molecule has 0 saturated heterocycles. The third-order valence-corrected chi connectivity index (χ3v) is 5.65. The van der Waals surface area contributed by atoms with Gasteiger partial charge < -0.3 is 10.1 Å². The van der Waals surface area contributed by atoms with Gasteiger partial charge >= 0.3 is 0 Å². The first kappa shape index (κ1) is 20.8. The lowest BCUT2D eigenvalue weighted by atomic mass is 9.68. The zero-order chi connectivity index (χ0) is 20.7. The molecular formula is C23H28N2O4. The molecule has 1 amide bonds. The van der Waals surface area contributed by atoms with Crippen molar-refractivity contribution in [1.29, 1.82) is 0 Å². The van der Waals surface area contributed by atoms with Gasteiger partial charge in [-0.1, -0.05) is 44.7 Å². The number of nitro benzene ring substituents is 1. The summed E-state index contributed by atoms with van der Waals surface area (Å²) in [6.07, 6.45) is 6.62. The summed E-state index contributed by atoms with van der Waals surface area (Å²) in [6, 6.07) is 13.9. The van der Waals surface area contributed by atoms with E-state index in [-0.39, 0.29) is 11.6 Å². The number of nitrogens with one attached hydrogen (secondary N) is 1. The third kappa shape index (κ3) is 4.94. The van der Waals surface area contributed by atoms with Gasteiger partial charge in [-0.15, -0.1) is 0 Å². The van der Waals surface area contributed by atoms with Gasteiger partial charge in [-0.2, -0.15) is 0 Å². The van der Waals surface area contributed by atoms with Gasteiger partial charge in [-0.3, -0.25) is 14.9 Å². The Balaban J connectivity index is 1.76. The molecule has 1 fully saturated rings. The second kappa shape index (κ2) is 9.54. The first-order valence-electron chi connectivity index (χ1n) is 10.3. The van der Waals surface area contributed by atoms with Crippen LogP contribution < -0.4 is 10.1 Å². The summed E-state index contributed by atoms with van der Waals surface area (Å²) in [4.78, 5) is 23.9. The smallest absolute Gasteiger partial charge is 0.269 e. The van der Waals surface area contributed by atoms with Crippen molar-refractivity contribution in [3.05, 3.63) is 64.2 Å². The third-order valence-electron chi connectivity index (χ3n) is 5.65. The molecule has 3 rings (SSSR count). The minimum atomic E-state index is -0.649. The van der Waals surface area contributed by atoms with Crippen molar-refractivity contribution in [3.8, 4) is 5.75 Å². The van der Waals surface area contributed by atoms with E-state index in [0.29, 0.717) is 6.61 Å². The van der Waals surface area contributed by atoms with Crippen LogP contribution in [0.4, 0.5) is 11.4 Å². The Labute approximate surface area is 171 Å². The van der Waals surface area contributed by atoms with Gasteiger partial charge in [-0.25, -0.2) is 0 Å². The van der Waals surface area contributed by atoms with E-state index in [0.717, 1.165) is 61.9 Å². The van der Waals surface area contributed by atoms with Crippen LogP contribution in [0.3, 0.4) is 0 Å². The molecule has 0 heterocycles. The summed E-state index contributed by atoms with van der Waals surface area (Å²) in [5.74, 6) is 0.741. The number of ether oxygens (including phenoxy) is 1. The van der Waals surface area contributed by atoms with Crippen molar-refractivity contribution in [2.24, 2.45) is 0 Å². The van der Waals surface area contributed by atoms with Gasteiger partial charge in [-0.05, 0) is 49.1 Å². The molecule has 0 aromatic heterocycles. The number of carbonyl (C=O) groups excluding carboxylic acids is 1. The largest absolute Gasteiger partial charge is 0.494 e. The van der Waals surface area contributed by atoms with Gasteiger partial charge in [0.05, 0.1) is 16.9 Å². The highest BCUT2D eigenvalue weighted by Crippen LogP contribution is 2.41. The Morgan fingerprint density at radius 2 is 1.72 bits per heavy atom. The van der Waals surface area contributed by atoms with E-state index in [1.165, 1.54) is 12.1 Å². The number of unbranched alkanes of at least 4 members (excludes halogenated alkanes) is 1. The minimum Gasteiger partial charge on any atom is -0.494 e. The number of anilines is 1. The summed E-state index contributed by atoms with van der Waals surface area (Å²) in [6.45, 7) is 2.81. The molecule has 6 heteroatoms. The van der Waals surface area contributed by atoms with Crippen LogP contribution in [0.1, 0.15) is 57.4 Å². The molecule has 1 N–H and O–H groups in total. The van der Waals surface area contributed by atoms with E-state index in [1.807, 2.05) is 24.3 Å². The lowest BCUT2D eigenvalue weighted by molar-refractivity contribution is -0.384. The van der Waals surface area contributed by atoms with E-state index >= 15 is 0 Å². The highest BCUT2D eigenvalue weighted by molar-refractivity contribution is 5.99. The average Bonchev–Trinajstić information content (AvgIpc) is 2.75.